The molecule has 0 saturated heterocycles. The molecule has 1 atom stereocenters. The first-order valence-corrected chi connectivity index (χ1v) is 6.65. The van der Waals surface area contributed by atoms with E-state index in [0.717, 1.165) is 11.4 Å². The van der Waals surface area contributed by atoms with Crippen LogP contribution < -0.4 is 10.1 Å². The molecule has 2 aromatic rings. The highest BCUT2D eigenvalue weighted by atomic mass is 79.9. The molecule has 0 aliphatic rings. The number of halogens is 1. The lowest BCUT2D eigenvalue weighted by molar-refractivity contribution is 0.202. The molecule has 19 heavy (non-hydrogen) atoms. The molecule has 0 bridgehead atoms. The average molecular weight is 326 g/mol. The number of aliphatic hydroxyl groups excluding tert-OH is 1. The summed E-state index contributed by atoms with van der Waals surface area (Å²) in [6.45, 7) is 1.78. The first-order chi connectivity index (χ1) is 9.07. The van der Waals surface area contributed by atoms with Gasteiger partial charge in [-0.2, -0.15) is 0 Å². The van der Waals surface area contributed by atoms with E-state index < -0.39 is 5.54 Å². The summed E-state index contributed by atoms with van der Waals surface area (Å²) in [6, 6.07) is 11.2. The number of ether oxygens (including phenoxy) is 1. The maximum atomic E-state index is 9.67. The summed E-state index contributed by atoms with van der Waals surface area (Å²) in [5, 5.41) is 12.9. The minimum atomic E-state index is -0.696. The molecular formula is C14H16BrNO3. The van der Waals surface area contributed by atoms with Gasteiger partial charge in [-0.15, -0.1) is 0 Å². The lowest BCUT2D eigenvalue weighted by Crippen LogP contribution is -2.35. The predicted octanol–water partition coefficient (Wildman–Crippen LogP) is 3.37. The fraction of sp³-hybridized carbons (Fsp3) is 0.286. The average Bonchev–Trinajstić information content (AvgIpc) is 2.86. The van der Waals surface area contributed by atoms with Gasteiger partial charge < -0.3 is 19.6 Å². The van der Waals surface area contributed by atoms with E-state index in [1.165, 1.54) is 0 Å². The Morgan fingerprint density at radius 1 is 1.37 bits per heavy atom. The van der Waals surface area contributed by atoms with Crippen molar-refractivity contribution in [3.05, 3.63) is 46.8 Å². The zero-order valence-electron chi connectivity index (χ0n) is 10.8. The van der Waals surface area contributed by atoms with Crippen LogP contribution in [0.15, 0.2) is 45.5 Å². The molecule has 1 aromatic carbocycles. The van der Waals surface area contributed by atoms with Crippen LogP contribution in [0.25, 0.3) is 0 Å². The lowest BCUT2D eigenvalue weighted by Gasteiger charge is -2.27. The lowest BCUT2D eigenvalue weighted by atomic mass is 9.99. The van der Waals surface area contributed by atoms with Gasteiger partial charge in [0.25, 0.3) is 0 Å². The van der Waals surface area contributed by atoms with Gasteiger partial charge in [0.2, 0.25) is 0 Å². The van der Waals surface area contributed by atoms with Crippen molar-refractivity contribution < 1.29 is 14.3 Å². The third kappa shape index (κ3) is 3.11. The molecule has 0 radical (unpaired) electrons. The summed E-state index contributed by atoms with van der Waals surface area (Å²) in [7, 11) is 1.62. The van der Waals surface area contributed by atoms with Crippen LogP contribution in [0.2, 0.25) is 0 Å². The van der Waals surface area contributed by atoms with Crippen LogP contribution in [0.1, 0.15) is 12.7 Å². The predicted molar refractivity (Wildman–Crippen MR) is 77.5 cm³/mol. The monoisotopic (exact) mass is 325 g/mol. The van der Waals surface area contributed by atoms with Crippen LogP contribution in [0.3, 0.4) is 0 Å². The molecule has 2 rings (SSSR count). The highest BCUT2D eigenvalue weighted by Crippen LogP contribution is 2.30. The number of nitrogens with one attached hydrogen (secondary N) is 1. The van der Waals surface area contributed by atoms with Crippen LogP contribution in [0.4, 0.5) is 5.69 Å². The van der Waals surface area contributed by atoms with Crippen molar-refractivity contribution in [1.82, 2.24) is 0 Å². The van der Waals surface area contributed by atoms with E-state index in [-0.39, 0.29) is 6.61 Å². The molecule has 1 unspecified atom stereocenters. The Morgan fingerprint density at radius 3 is 2.74 bits per heavy atom. The van der Waals surface area contributed by atoms with Gasteiger partial charge in [0, 0.05) is 11.8 Å². The van der Waals surface area contributed by atoms with E-state index in [0.29, 0.717) is 10.4 Å². The van der Waals surface area contributed by atoms with Gasteiger partial charge in [0.15, 0.2) is 4.67 Å². The van der Waals surface area contributed by atoms with E-state index >= 15 is 0 Å². The molecular weight excluding hydrogens is 310 g/mol. The Bertz CT molecular complexity index is 555. The number of hydrogen-bond donors (Lipinski definition) is 2. The second kappa shape index (κ2) is 5.67. The van der Waals surface area contributed by atoms with Gasteiger partial charge in [0.05, 0.1) is 13.7 Å². The van der Waals surface area contributed by atoms with Crippen molar-refractivity contribution in [2.45, 2.75) is 12.5 Å². The summed E-state index contributed by atoms with van der Waals surface area (Å²) in [5.74, 6) is 1.41. The van der Waals surface area contributed by atoms with Gasteiger partial charge in [-0.05, 0) is 47.1 Å². The number of rotatable bonds is 5. The van der Waals surface area contributed by atoms with Crippen molar-refractivity contribution in [2.75, 3.05) is 19.0 Å². The molecule has 0 fully saturated rings. The fourth-order valence-corrected chi connectivity index (χ4v) is 2.12. The summed E-state index contributed by atoms with van der Waals surface area (Å²) < 4.78 is 11.3. The topological polar surface area (TPSA) is 54.6 Å². The number of hydrogen-bond acceptors (Lipinski definition) is 4. The summed E-state index contributed by atoms with van der Waals surface area (Å²) in [5.41, 5.74) is 0.154. The zero-order valence-corrected chi connectivity index (χ0v) is 12.4. The maximum absolute atomic E-state index is 9.67. The third-order valence-corrected chi connectivity index (χ3v) is 3.35. The van der Waals surface area contributed by atoms with Crippen molar-refractivity contribution in [3.8, 4) is 5.75 Å². The first-order valence-electron chi connectivity index (χ1n) is 5.86. The third-order valence-electron chi connectivity index (χ3n) is 2.92. The van der Waals surface area contributed by atoms with Crippen molar-refractivity contribution in [3.63, 3.8) is 0 Å². The highest BCUT2D eigenvalue weighted by Gasteiger charge is 2.29. The molecule has 5 heteroatoms. The molecule has 102 valence electrons. The van der Waals surface area contributed by atoms with Gasteiger partial charge in [0.1, 0.15) is 17.0 Å². The SMILES string of the molecule is COc1cccc(NC(C)(CO)c2ccc(Br)o2)c1. The molecule has 1 aromatic heterocycles. The Hall–Kier alpha value is -1.46. The van der Waals surface area contributed by atoms with Gasteiger partial charge in [-0.1, -0.05) is 6.07 Å². The van der Waals surface area contributed by atoms with E-state index in [1.54, 1.807) is 13.2 Å². The molecule has 0 aliphatic heterocycles. The molecule has 0 amide bonds. The number of furan rings is 1. The second-order valence-corrected chi connectivity index (χ2v) is 5.23. The Labute approximate surface area is 120 Å². The standard InChI is InChI=1S/C14H16BrNO3/c1-14(9-17,12-6-7-13(15)19-12)16-10-4-3-5-11(8-10)18-2/h3-8,16-17H,9H2,1-2H3. The van der Waals surface area contributed by atoms with Crippen molar-refractivity contribution in [1.29, 1.82) is 0 Å². The summed E-state index contributed by atoms with van der Waals surface area (Å²) in [6.07, 6.45) is 0. The van der Waals surface area contributed by atoms with Crippen LogP contribution in [-0.2, 0) is 5.54 Å². The van der Waals surface area contributed by atoms with Gasteiger partial charge in [-0.25, -0.2) is 0 Å². The molecule has 0 aliphatic carbocycles. The number of aliphatic hydroxyl groups is 1. The minimum absolute atomic E-state index is 0.0931. The summed E-state index contributed by atoms with van der Waals surface area (Å²) in [4.78, 5) is 0. The molecule has 1 heterocycles. The van der Waals surface area contributed by atoms with E-state index in [9.17, 15) is 5.11 Å². The largest absolute Gasteiger partial charge is 0.497 e. The Morgan fingerprint density at radius 2 is 2.16 bits per heavy atom. The molecule has 2 N–H and O–H groups in total. The van der Waals surface area contributed by atoms with E-state index in [2.05, 4.69) is 21.2 Å². The number of benzene rings is 1. The minimum Gasteiger partial charge on any atom is -0.497 e. The van der Waals surface area contributed by atoms with Crippen LogP contribution in [0.5, 0.6) is 5.75 Å². The second-order valence-electron chi connectivity index (χ2n) is 4.45. The van der Waals surface area contributed by atoms with Gasteiger partial charge >= 0.3 is 0 Å². The normalized spacial score (nSPS) is 13.9. The molecule has 0 spiro atoms. The summed E-state index contributed by atoms with van der Waals surface area (Å²) >= 11 is 3.27. The van der Waals surface area contributed by atoms with Crippen molar-refractivity contribution >= 4 is 21.6 Å². The fourth-order valence-electron chi connectivity index (χ4n) is 1.81. The smallest absolute Gasteiger partial charge is 0.169 e. The van der Waals surface area contributed by atoms with Crippen LogP contribution in [0, 0.1) is 0 Å². The van der Waals surface area contributed by atoms with Crippen molar-refractivity contribution in [2.24, 2.45) is 0 Å². The van der Waals surface area contributed by atoms with Crippen LogP contribution in [-0.4, -0.2) is 18.8 Å². The van der Waals surface area contributed by atoms with E-state index in [4.69, 9.17) is 9.15 Å². The van der Waals surface area contributed by atoms with Gasteiger partial charge in [-0.3, -0.25) is 0 Å². The zero-order chi connectivity index (χ0) is 13.9. The molecule has 0 saturated carbocycles. The van der Waals surface area contributed by atoms with E-state index in [1.807, 2.05) is 37.3 Å². The van der Waals surface area contributed by atoms with Crippen LogP contribution >= 0.6 is 15.9 Å². The maximum Gasteiger partial charge on any atom is 0.169 e. The number of anilines is 1. The first kappa shape index (κ1) is 14.0. The molecule has 4 nitrogen and oxygen atoms in total. The number of methoxy groups -OCH3 is 1. The highest BCUT2D eigenvalue weighted by molar-refractivity contribution is 9.10. The Kier molecular flexibility index (Phi) is 4.17. The Balaban J connectivity index is 2.27. The quantitative estimate of drug-likeness (QED) is 0.884.